The molecule has 4 aromatic rings. The summed E-state index contributed by atoms with van der Waals surface area (Å²) in [7, 11) is 0. The summed E-state index contributed by atoms with van der Waals surface area (Å²) >= 11 is 6.39. The van der Waals surface area contributed by atoms with Crippen molar-refractivity contribution in [1.29, 1.82) is 0 Å². The van der Waals surface area contributed by atoms with Crippen LogP contribution < -0.4 is 10.1 Å². The van der Waals surface area contributed by atoms with Crippen molar-refractivity contribution in [3.05, 3.63) is 89.1 Å². The molecular formula is C37H42ClF3N4O2. The lowest BCUT2D eigenvalue weighted by Crippen LogP contribution is -2.45. The van der Waals surface area contributed by atoms with Gasteiger partial charge >= 0.3 is 6.36 Å². The Kier molecular flexibility index (Phi) is 10.9. The SMILES string of the molecule is O=C(CCCCn1cc(-c2ccc(OC(F)(F)F)cc2)c2cc(CN3CCN(Cc4ccccc4Cl)CC3)ccc21)C1CCCCN1. The van der Waals surface area contributed by atoms with Gasteiger partial charge in [0.1, 0.15) is 11.5 Å². The molecule has 6 rings (SSSR count). The molecule has 10 heteroatoms. The van der Waals surface area contributed by atoms with Gasteiger partial charge in [0.05, 0.1) is 6.04 Å². The van der Waals surface area contributed by atoms with Crippen LogP contribution in [-0.4, -0.2) is 65.3 Å². The zero-order valence-electron chi connectivity index (χ0n) is 26.6. The van der Waals surface area contributed by atoms with E-state index < -0.39 is 6.36 Å². The minimum Gasteiger partial charge on any atom is -0.406 e. The van der Waals surface area contributed by atoms with Gasteiger partial charge in [0.2, 0.25) is 0 Å². The summed E-state index contributed by atoms with van der Waals surface area (Å²) < 4.78 is 44.7. The van der Waals surface area contributed by atoms with Crippen molar-refractivity contribution in [3.8, 4) is 16.9 Å². The predicted octanol–water partition coefficient (Wildman–Crippen LogP) is 8.06. The second-order valence-electron chi connectivity index (χ2n) is 12.7. The molecule has 0 spiro atoms. The van der Waals surface area contributed by atoms with E-state index in [1.807, 2.05) is 18.2 Å². The van der Waals surface area contributed by atoms with E-state index in [2.05, 4.69) is 54.9 Å². The second kappa shape index (κ2) is 15.2. The minimum atomic E-state index is -4.74. The number of ether oxygens (including phenoxy) is 1. The molecule has 0 amide bonds. The molecule has 1 N–H and O–H groups in total. The van der Waals surface area contributed by atoms with E-state index in [4.69, 9.17) is 11.6 Å². The molecule has 2 aliphatic heterocycles. The average Bonchev–Trinajstić information content (AvgIpc) is 3.42. The summed E-state index contributed by atoms with van der Waals surface area (Å²) in [6, 6.07) is 20.6. The first-order valence-electron chi connectivity index (χ1n) is 16.6. The van der Waals surface area contributed by atoms with Gasteiger partial charge < -0.3 is 14.6 Å². The van der Waals surface area contributed by atoms with E-state index in [1.165, 1.54) is 17.7 Å². The number of carbonyl (C=O) groups excluding carboxylic acids is 1. The second-order valence-corrected chi connectivity index (χ2v) is 13.1. The molecule has 250 valence electrons. The maximum absolute atomic E-state index is 12.8. The lowest BCUT2D eigenvalue weighted by atomic mass is 9.98. The largest absolute Gasteiger partial charge is 0.573 e. The van der Waals surface area contributed by atoms with Crippen molar-refractivity contribution >= 4 is 28.3 Å². The summed E-state index contributed by atoms with van der Waals surface area (Å²) in [5.74, 6) is 0.0646. The van der Waals surface area contributed by atoms with Crippen LogP contribution in [-0.2, 0) is 24.4 Å². The Bertz CT molecular complexity index is 1640. The van der Waals surface area contributed by atoms with E-state index >= 15 is 0 Å². The summed E-state index contributed by atoms with van der Waals surface area (Å²) in [5, 5.41) is 5.22. The third kappa shape index (κ3) is 8.96. The summed E-state index contributed by atoms with van der Waals surface area (Å²) in [4.78, 5) is 17.6. The van der Waals surface area contributed by atoms with Gasteiger partial charge in [-0.3, -0.25) is 14.6 Å². The van der Waals surface area contributed by atoms with Gasteiger partial charge in [-0.15, -0.1) is 13.2 Å². The van der Waals surface area contributed by atoms with Crippen LogP contribution in [0.3, 0.4) is 0 Å². The van der Waals surface area contributed by atoms with Crippen LogP contribution in [0.4, 0.5) is 13.2 Å². The van der Waals surface area contributed by atoms with E-state index in [0.29, 0.717) is 12.2 Å². The fourth-order valence-electron chi connectivity index (χ4n) is 6.81. The molecule has 0 radical (unpaired) electrons. The van der Waals surface area contributed by atoms with Gasteiger partial charge in [0, 0.05) is 79.9 Å². The molecule has 6 nitrogen and oxygen atoms in total. The first kappa shape index (κ1) is 33.5. The van der Waals surface area contributed by atoms with Gasteiger partial charge in [-0.25, -0.2) is 0 Å². The van der Waals surface area contributed by atoms with Crippen molar-refractivity contribution in [2.24, 2.45) is 0 Å². The number of piperidine rings is 1. The summed E-state index contributed by atoms with van der Waals surface area (Å²) in [6.45, 7) is 7.15. The molecule has 1 unspecified atom stereocenters. The Morgan fingerprint density at radius 2 is 1.66 bits per heavy atom. The lowest BCUT2D eigenvalue weighted by molar-refractivity contribution is -0.274. The number of nitrogens with zero attached hydrogens (tertiary/aromatic N) is 3. The van der Waals surface area contributed by atoms with Crippen LogP contribution in [0.1, 0.15) is 49.7 Å². The third-order valence-electron chi connectivity index (χ3n) is 9.34. The fraction of sp³-hybridized carbons (Fsp3) is 0.432. The van der Waals surface area contributed by atoms with Crippen molar-refractivity contribution < 1.29 is 22.7 Å². The highest BCUT2D eigenvalue weighted by Gasteiger charge is 2.31. The van der Waals surface area contributed by atoms with Gasteiger partial charge in [-0.05, 0) is 79.3 Å². The molecular weight excluding hydrogens is 625 g/mol. The zero-order valence-corrected chi connectivity index (χ0v) is 27.3. The molecule has 3 heterocycles. The molecule has 2 aliphatic rings. The number of rotatable bonds is 12. The molecule has 47 heavy (non-hydrogen) atoms. The number of piperazine rings is 1. The number of aryl methyl sites for hydroxylation is 1. The number of unbranched alkanes of at least 4 members (excludes halogenated alkanes) is 1. The van der Waals surface area contributed by atoms with Gasteiger partial charge in [-0.1, -0.05) is 54.4 Å². The van der Waals surface area contributed by atoms with Crippen LogP contribution in [0.2, 0.25) is 5.02 Å². The Morgan fingerprint density at radius 3 is 2.36 bits per heavy atom. The van der Waals surface area contributed by atoms with Crippen molar-refractivity contribution in [2.75, 3.05) is 32.7 Å². The number of carbonyl (C=O) groups is 1. The fourth-order valence-corrected chi connectivity index (χ4v) is 7.00. The molecule has 2 saturated heterocycles. The van der Waals surface area contributed by atoms with E-state index in [1.54, 1.807) is 12.1 Å². The molecule has 3 aromatic carbocycles. The lowest BCUT2D eigenvalue weighted by Gasteiger charge is -2.35. The normalized spacial score (nSPS) is 18.1. The highest BCUT2D eigenvalue weighted by atomic mass is 35.5. The van der Waals surface area contributed by atoms with Crippen LogP contribution >= 0.6 is 11.6 Å². The van der Waals surface area contributed by atoms with Crippen LogP contribution in [0, 0.1) is 0 Å². The molecule has 0 saturated carbocycles. The number of aromatic nitrogens is 1. The van der Waals surface area contributed by atoms with Gasteiger partial charge in [0.15, 0.2) is 0 Å². The van der Waals surface area contributed by atoms with Gasteiger partial charge in [-0.2, -0.15) is 0 Å². The van der Waals surface area contributed by atoms with Gasteiger partial charge in [0.25, 0.3) is 0 Å². The van der Waals surface area contributed by atoms with Crippen molar-refractivity contribution in [1.82, 2.24) is 19.7 Å². The Hall–Kier alpha value is -3.37. The highest BCUT2D eigenvalue weighted by molar-refractivity contribution is 6.31. The Labute approximate surface area is 279 Å². The van der Waals surface area contributed by atoms with Crippen molar-refractivity contribution in [3.63, 3.8) is 0 Å². The average molecular weight is 667 g/mol. The number of hydrogen-bond acceptors (Lipinski definition) is 5. The first-order valence-corrected chi connectivity index (χ1v) is 17.0. The van der Waals surface area contributed by atoms with Crippen molar-refractivity contribution in [2.45, 2.75) is 70.6 Å². The number of alkyl halides is 3. The first-order chi connectivity index (χ1) is 22.7. The maximum Gasteiger partial charge on any atom is 0.573 e. The molecule has 0 aliphatic carbocycles. The van der Waals surface area contributed by atoms with Crippen LogP contribution in [0.5, 0.6) is 5.75 Å². The molecule has 1 aromatic heterocycles. The summed E-state index contributed by atoms with van der Waals surface area (Å²) in [5.41, 5.74) is 5.21. The quantitative estimate of drug-likeness (QED) is 0.155. The molecule has 1 atom stereocenters. The monoisotopic (exact) mass is 666 g/mol. The van der Waals surface area contributed by atoms with E-state index in [-0.39, 0.29) is 11.8 Å². The molecule has 2 fully saturated rings. The number of halogens is 4. The Morgan fingerprint density at radius 1 is 0.915 bits per heavy atom. The summed E-state index contributed by atoms with van der Waals surface area (Å²) in [6.07, 6.45) is 2.77. The number of hydrogen-bond donors (Lipinski definition) is 1. The number of benzene rings is 3. The predicted molar refractivity (Wildman–Crippen MR) is 181 cm³/mol. The Balaban J connectivity index is 1.15. The third-order valence-corrected chi connectivity index (χ3v) is 9.71. The van der Waals surface area contributed by atoms with Crippen LogP contribution in [0.25, 0.3) is 22.0 Å². The standard InChI is InChI=1S/C37H42ClF3N4O2/c38-33-8-2-1-7-29(33)25-44-21-19-43(20-22-44)24-27-11-16-35-31(23-27)32(28-12-14-30(15-13-28)47-37(39,40)41)26-45(35)18-6-4-10-36(46)34-9-3-5-17-42-34/h1-2,7-8,11-16,23,26,34,42H,3-6,9-10,17-22,24-25H2. The number of ketones is 1. The zero-order chi connectivity index (χ0) is 32.8. The number of nitrogens with one attached hydrogen (secondary N) is 1. The van der Waals surface area contributed by atoms with Crippen LogP contribution in [0.15, 0.2) is 72.9 Å². The number of Topliss-reactive ketones (excluding diaryl/α,β-unsaturated/α-hetero) is 1. The topological polar surface area (TPSA) is 49.7 Å². The maximum atomic E-state index is 12.8. The highest BCUT2D eigenvalue weighted by Crippen LogP contribution is 2.34. The molecule has 0 bridgehead atoms. The smallest absolute Gasteiger partial charge is 0.406 e. The number of fused-ring (bicyclic) bond motifs is 1. The van der Waals surface area contributed by atoms with E-state index in [0.717, 1.165) is 117 Å². The minimum absolute atomic E-state index is 0.00387. The van der Waals surface area contributed by atoms with E-state index in [9.17, 15) is 18.0 Å².